The van der Waals surface area contributed by atoms with Crippen LogP contribution in [0.5, 0.6) is 5.75 Å². The van der Waals surface area contributed by atoms with Crippen molar-refractivity contribution >= 4 is 39.3 Å². The average Bonchev–Trinajstić information content (AvgIpc) is 2.65. The Kier molecular flexibility index (Phi) is 6.29. The first-order chi connectivity index (χ1) is 12.7. The number of carbonyl (C=O) groups excluding carboxylic acids is 1. The van der Waals surface area contributed by atoms with E-state index < -0.39 is 39.0 Å². The van der Waals surface area contributed by atoms with Gasteiger partial charge in [0.15, 0.2) is 0 Å². The third-order valence-electron chi connectivity index (χ3n) is 3.61. The summed E-state index contributed by atoms with van der Waals surface area (Å²) in [5, 5.41) is 9.31. The molecule has 0 spiro atoms. The summed E-state index contributed by atoms with van der Waals surface area (Å²) in [6.07, 6.45) is 0. The number of esters is 1. The normalized spacial score (nSPS) is 10.9. The van der Waals surface area contributed by atoms with Crippen molar-refractivity contribution in [2.45, 2.75) is 4.90 Å². The lowest BCUT2D eigenvalue weighted by atomic mass is 10.2. The van der Waals surface area contributed by atoms with Gasteiger partial charge in [-0.05, 0) is 24.3 Å². The van der Waals surface area contributed by atoms with Gasteiger partial charge in [0.25, 0.3) is 10.0 Å². The number of sulfonamides is 1. The van der Waals surface area contributed by atoms with Crippen LogP contribution in [0.25, 0.3) is 0 Å². The summed E-state index contributed by atoms with van der Waals surface area (Å²) in [5.41, 5.74) is -0.458. The van der Waals surface area contributed by atoms with Crippen LogP contribution in [0.3, 0.4) is 0 Å². The molecule has 0 saturated carbocycles. The van der Waals surface area contributed by atoms with Crippen LogP contribution in [-0.2, 0) is 19.6 Å². The minimum Gasteiger partial charge on any atom is -0.497 e. The van der Waals surface area contributed by atoms with Crippen molar-refractivity contribution in [2.75, 3.05) is 25.1 Å². The van der Waals surface area contributed by atoms with E-state index in [1.165, 1.54) is 37.4 Å². The number of benzene rings is 2. The average molecular weight is 414 g/mol. The Balaban J connectivity index is 2.67. The second kappa shape index (κ2) is 8.28. The largest absolute Gasteiger partial charge is 0.497 e. The zero-order chi connectivity index (χ0) is 20.2. The molecule has 1 N–H and O–H groups in total. The molecule has 2 rings (SSSR count). The summed E-state index contributed by atoms with van der Waals surface area (Å²) in [7, 11) is -1.93. The summed E-state index contributed by atoms with van der Waals surface area (Å²) in [6.45, 7) is -0.696. The topological polar surface area (TPSA) is 110 Å². The molecule has 144 valence electrons. The second-order valence-corrected chi connectivity index (χ2v) is 7.44. The Morgan fingerprint density at radius 3 is 2.37 bits per heavy atom. The molecule has 0 aliphatic heterocycles. The highest BCUT2D eigenvalue weighted by Gasteiger charge is 2.32. The van der Waals surface area contributed by atoms with E-state index in [9.17, 15) is 23.1 Å². The lowest BCUT2D eigenvalue weighted by Crippen LogP contribution is -2.37. The summed E-state index contributed by atoms with van der Waals surface area (Å²) in [6, 6.07) is 9.26. The number of hydrogen-bond acceptors (Lipinski definition) is 6. The molecule has 2 aromatic carbocycles. The number of carboxylic acid groups (broad SMARTS) is 1. The van der Waals surface area contributed by atoms with Crippen molar-refractivity contribution in [3.8, 4) is 5.75 Å². The van der Waals surface area contributed by atoms with E-state index in [4.69, 9.17) is 16.3 Å². The van der Waals surface area contributed by atoms with E-state index in [0.717, 1.165) is 19.2 Å². The monoisotopic (exact) mass is 413 g/mol. The molecule has 0 amide bonds. The van der Waals surface area contributed by atoms with Crippen LogP contribution in [0.2, 0.25) is 5.02 Å². The third kappa shape index (κ3) is 4.32. The zero-order valence-corrected chi connectivity index (χ0v) is 16.0. The third-order valence-corrected chi connectivity index (χ3v) is 5.73. The van der Waals surface area contributed by atoms with Crippen molar-refractivity contribution in [3.05, 3.63) is 53.1 Å². The minimum absolute atomic E-state index is 0.00497. The van der Waals surface area contributed by atoms with Crippen LogP contribution in [0.15, 0.2) is 47.4 Å². The predicted molar refractivity (Wildman–Crippen MR) is 98.0 cm³/mol. The summed E-state index contributed by atoms with van der Waals surface area (Å²) in [5.74, 6) is -1.89. The molecule has 8 nitrogen and oxygen atoms in total. The number of anilines is 1. The molecule has 0 atom stereocenters. The van der Waals surface area contributed by atoms with Gasteiger partial charge in [-0.2, -0.15) is 0 Å². The lowest BCUT2D eigenvalue weighted by Gasteiger charge is -2.25. The molecule has 0 unspecified atom stereocenters. The van der Waals surface area contributed by atoms with Crippen LogP contribution < -0.4 is 9.04 Å². The highest BCUT2D eigenvalue weighted by Crippen LogP contribution is 2.34. The first-order valence-electron chi connectivity index (χ1n) is 7.47. The van der Waals surface area contributed by atoms with Gasteiger partial charge in [0.2, 0.25) is 0 Å². The maximum absolute atomic E-state index is 13.2. The highest BCUT2D eigenvalue weighted by molar-refractivity contribution is 7.93. The van der Waals surface area contributed by atoms with Gasteiger partial charge in [-0.3, -0.25) is 9.10 Å². The molecule has 27 heavy (non-hydrogen) atoms. The first-order valence-corrected chi connectivity index (χ1v) is 9.29. The van der Waals surface area contributed by atoms with Crippen LogP contribution in [0, 0.1) is 0 Å². The lowest BCUT2D eigenvalue weighted by molar-refractivity contribution is -0.138. The fraction of sp³-hybridized carbons (Fsp3) is 0.176. The Labute approximate surface area is 160 Å². The molecule has 0 radical (unpaired) electrons. The Hall–Kier alpha value is -2.78. The first kappa shape index (κ1) is 20.5. The molecule has 10 heteroatoms. The van der Waals surface area contributed by atoms with Crippen molar-refractivity contribution in [1.82, 2.24) is 0 Å². The highest BCUT2D eigenvalue weighted by atomic mass is 35.5. The minimum atomic E-state index is -4.45. The van der Waals surface area contributed by atoms with E-state index in [1.807, 2.05) is 0 Å². The van der Waals surface area contributed by atoms with Gasteiger partial charge in [0.05, 0.1) is 30.5 Å². The number of methoxy groups -OCH3 is 2. The molecule has 0 aromatic heterocycles. The molecule has 0 heterocycles. The van der Waals surface area contributed by atoms with E-state index in [-0.39, 0.29) is 10.7 Å². The number of carbonyl (C=O) groups is 2. The molecule has 0 saturated heterocycles. The fourth-order valence-corrected chi connectivity index (χ4v) is 4.22. The maximum Gasteiger partial charge on any atom is 0.337 e. The number of hydrogen-bond donors (Lipinski definition) is 1. The van der Waals surface area contributed by atoms with Gasteiger partial charge in [-0.15, -0.1) is 0 Å². The maximum atomic E-state index is 13.2. The van der Waals surface area contributed by atoms with Crippen LogP contribution in [-0.4, -0.2) is 46.2 Å². The smallest absolute Gasteiger partial charge is 0.337 e. The van der Waals surface area contributed by atoms with E-state index in [1.54, 1.807) is 0 Å². The van der Waals surface area contributed by atoms with Gasteiger partial charge in [-0.25, -0.2) is 13.2 Å². The number of halogens is 1. The van der Waals surface area contributed by atoms with Gasteiger partial charge < -0.3 is 14.6 Å². The Morgan fingerprint density at radius 1 is 1.15 bits per heavy atom. The number of nitrogens with zero attached hydrogens (tertiary/aromatic N) is 1. The van der Waals surface area contributed by atoms with Gasteiger partial charge in [-0.1, -0.05) is 23.7 Å². The predicted octanol–water partition coefficient (Wildman–Crippen LogP) is 2.42. The Morgan fingerprint density at radius 2 is 1.81 bits per heavy atom. The number of ether oxygens (including phenoxy) is 2. The molecule has 2 aromatic rings. The molecule has 0 aliphatic carbocycles. The zero-order valence-electron chi connectivity index (χ0n) is 14.4. The number of aromatic carboxylic acids is 1. The van der Waals surface area contributed by atoms with Gasteiger partial charge >= 0.3 is 11.9 Å². The van der Waals surface area contributed by atoms with Crippen molar-refractivity contribution in [1.29, 1.82) is 0 Å². The van der Waals surface area contributed by atoms with Crippen molar-refractivity contribution in [3.63, 3.8) is 0 Å². The standard InChI is InChI=1S/C17H16ClNO7S/c1-25-11-7-8-14(13(18)9-11)19(10-16(20)26-2)27(23,24)15-6-4-3-5-12(15)17(21)22/h3-9H,10H2,1-2H3,(H,21,22). The Bertz CT molecular complexity index is 975. The summed E-state index contributed by atoms with van der Waals surface area (Å²) >= 11 is 6.17. The quantitative estimate of drug-likeness (QED) is 0.694. The summed E-state index contributed by atoms with van der Waals surface area (Å²) < 4.78 is 36.7. The van der Waals surface area contributed by atoms with Crippen molar-refractivity contribution in [2.24, 2.45) is 0 Å². The number of carboxylic acids is 1. The fourth-order valence-electron chi connectivity index (χ4n) is 2.29. The summed E-state index contributed by atoms with van der Waals surface area (Å²) in [4.78, 5) is 22.8. The van der Waals surface area contributed by atoms with Gasteiger partial charge in [0.1, 0.15) is 17.2 Å². The molecular formula is C17H16ClNO7S. The molecule has 0 fully saturated rings. The van der Waals surface area contributed by atoms with Crippen LogP contribution in [0.1, 0.15) is 10.4 Å². The van der Waals surface area contributed by atoms with Gasteiger partial charge in [0, 0.05) is 6.07 Å². The second-order valence-electron chi connectivity index (χ2n) is 5.21. The number of rotatable bonds is 7. The SMILES string of the molecule is COC(=O)CN(c1ccc(OC)cc1Cl)S(=O)(=O)c1ccccc1C(=O)O. The van der Waals surface area contributed by atoms with Crippen LogP contribution in [0.4, 0.5) is 5.69 Å². The molecule has 0 aliphatic rings. The van der Waals surface area contributed by atoms with Crippen molar-refractivity contribution < 1.29 is 32.6 Å². The van der Waals surface area contributed by atoms with Crippen LogP contribution >= 0.6 is 11.6 Å². The van der Waals surface area contributed by atoms with E-state index in [2.05, 4.69) is 4.74 Å². The molecular weight excluding hydrogens is 398 g/mol. The van der Waals surface area contributed by atoms with E-state index in [0.29, 0.717) is 10.1 Å². The van der Waals surface area contributed by atoms with E-state index >= 15 is 0 Å². The molecule has 0 bridgehead atoms.